The zero-order valence-corrected chi connectivity index (χ0v) is 25.2. The standard InChI is InChI=1S/C32H38ClN3O4S/c1-3-30(32(38)34-27-12-6-4-7-13-27)35(22-25-17-19-26(33)20-18-25)31(37)23-36(28-14-10-11-24(2)21-28)41(39,40)29-15-8-5-9-16-29/h5,8-11,14-21,27,30H,3-4,6-7,12-13,22-23H2,1-2H3,(H,34,38)/t30-/m0/s1. The first-order chi connectivity index (χ1) is 19.7. The Bertz CT molecular complexity index is 1420. The van der Waals surface area contributed by atoms with E-state index in [9.17, 15) is 18.0 Å². The van der Waals surface area contributed by atoms with Crippen molar-refractivity contribution in [1.29, 1.82) is 0 Å². The molecule has 1 aliphatic carbocycles. The van der Waals surface area contributed by atoms with E-state index in [-0.39, 0.29) is 23.4 Å². The fourth-order valence-corrected chi connectivity index (χ4v) is 6.83. The Morgan fingerprint density at radius 2 is 1.63 bits per heavy atom. The van der Waals surface area contributed by atoms with Crippen molar-refractivity contribution in [2.24, 2.45) is 0 Å². The third kappa shape index (κ3) is 7.89. The van der Waals surface area contributed by atoms with Gasteiger partial charge in [-0.25, -0.2) is 8.42 Å². The van der Waals surface area contributed by atoms with Crippen LogP contribution < -0.4 is 9.62 Å². The zero-order valence-electron chi connectivity index (χ0n) is 23.6. The lowest BCUT2D eigenvalue weighted by Crippen LogP contribution is -2.54. The van der Waals surface area contributed by atoms with Gasteiger partial charge in [0.1, 0.15) is 12.6 Å². The van der Waals surface area contributed by atoms with Crippen LogP contribution in [0.25, 0.3) is 0 Å². The number of carbonyl (C=O) groups is 2. The highest BCUT2D eigenvalue weighted by atomic mass is 35.5. The minimum Gasteiger partial charge on any atom is -0.352 e. The van der Waals surface area contributed by atoms with Crippen molar-refractivity contribution in [3.8, 4) is 0 Å². The molecule has 0 aliphatic heterocycles. The molecule has 4 rings (SSSR count). The molecule has 2 amide bonds. The van der Waals surface area contributed by atoms with Crippen LogP contribution in [0.5, 0.6) is 0 Å². The van der Waals surface area contributed by atoms with E-state index in [1.807, 2.05) is 32.0 Å². The molecule has 1 aliphatic rings. The number of sulfonamides is 1. The summed E-state index contributed by atoms with van der Waals surface area (Å²) in [5, 5.41) is 3.73. The molecule has 9 heteroatoms. The number of rotatable bonds is 11. The Kier molecular flexibility index (Phi) is 10.5. The predicted octanol–water partition coefficient (Wildman–Crippen LogP) is 6.10. The molecular formula is C32H38ClN3O4S. The van der Waals surface area contributed by atoms with Gasteiger partial charge in [-0.2, -0.15) is 0 Å². The molecule has 0 aromatic heterocycles. The maximum absolute atomic E-state index is 14.2. The van der Waals surface area contributed by atoms with Gasteiger partial charge in [-0.3, -0.25) is 13.9 Å². The lowest BCUT2D eigenvalue weighted by atomic mass is 9.95. The highest BCUT2D eigenvalue weighted by molar-refractivity contribution is 7.92. The number of nitrogens with zero attached hydrogens (tertiary/aromatic N) is 2. The molecule has 1 saturated carbocycles. The van der Waals surface area contributed by atoms with Gasteiger partial charge in [0.15, 0.2) is 0 Å². The molecule has 0 unspecified atom stereocenters. The second kappa shape index (κ2) is 14.0. The summed E-state index contributed by atoms with van der Waals surface area (Å²) in [5.41, 5.74) is 2.03. The van der Waals surface area contributed by atoms with Gasteiger partial charge in [-0.1, -0.05) is 80.3 Å². The summed E-state index contributed by atoms with van der Waals surface area (Å²) < 4.78 is 28.9. The first kappa shape index (κ1) is 30.6. The van der Waals surface area contributed by atoms with Crippen molar-refractivity contribution in [3.63, 3.8) is 0 Å². The van der Waals surface area contributed by atoms with Crippen LogP contribution in [0, 0.1) is 6.92 Å². The number of hydrogen-bond acceptors (Lipinski definition) is 4. The number of anilines is 1. The molecule has 1 fully saturated rings. The van der Waals surface area contributed by atoms with Gasteiger partial charge in [0.25, 0.3) is 10.0 Å². The molecule has 7 nitrogen and oxygen atoms in total. The van der Waals surface area contributed by atoms with E-state index in [0.717, 1.165) is 47.5 Å². The number of aryl methyl sites for hydroxylation is 1. The number of halogens is 1. The summed E-state index contributed by atoms with van der Waals surface area (Å²) in [6.07, 6.45) is 5.52. The minimum atomic E-state index is -4.09. The van der Waals surface area contributed by atoms with Gasteiger partial charge in [-0.15, -0.1) is 0 Å². The van der Waals surface area contributed by atoms with Gasteiger partial charge in [0.05, 0.1) is 10.6 Å². The molecule has 3 aromatic rings. The second-order valence-electron chi connectivity index (χ2n) is 10.6. The van der Waals surface area contributed by atoms with Crippen LogP contribution in [0.4, 0.5) is 5.69 Å². The van der Waals surface area contributed by atoms with E-state index in [1.54, 1.807) is 48.5 Å². The van der Waals surface area contributed by atoms with Crippen LogP contribution >= 0.6 is 11.6 Å². The summed E-state index contributed by atoms with van der Waals surface area (Å²) in [5.74, 6) is -0.679. The minimum absolute atomic E-state index is 0.0834. The van der Waals surface area contributed by atoms with Gasteiger partial charge in [-0.05, 0) is 73.7 Å². The maximum Gasteiger partial charge on any atom is 0.264 e. The number of carbonyl (C=O) groups excluding carboxylic acids is 2. The summed E-state index contributed by atoms with van der Waals surface area (Å²) in [6.45, 7) is 3.42. The highest BCUT2D eigenvalue weighted by Crippen LogP contribution is 2.26. The SMILES string of the molecule is CC[C@@H](C(=O)NC1CCCCC1)N(Cc1ccc(Cl)cc1)C(=O)CN(c1cccc(C)c1)S(=O)(=O)c1ccccc1. The third-order valence-electron chi connectivity index (χ3n) is 7.50. The second-order valence-corrected chi connectivity index (χ2v) is 12.9. The molecular weight excluding hydrogens is 558 g/mol. The van der Waals surface area contributed by atoms with Crippen LogP contribution in [0.15, 0.2) is 83.8 Å². The van der Waals surface area contributed by atoms with E-state index in [1.165, 1.54) is 17.0 Å². The zero-order chi connectivity index (χ0) is 29.4. The largest absolute Gasteiger partial charge is 0.352 e. The third-order valence-corrected chi connectivity index (χ3v) is 9.54. The summed E-state index contributed by atoms with van der Waals surface area (Å²) in [4.78, 5) is 29.4. The van der Waals surface area contributed by atoms with Gasteiger partial charge < -0.3 is 10.2 Å². The van der Waals surface area contributed by atoms with Crippen LogP contribution in [-0.4, -0.2) is 43.8 Å². The maximum atomic E-state index is 14.2. The number of nitrogens with one attached hydrogen (secondary N) is 1. The molecule has 0 heterocycles. The molecule has 218 valence electrons. The Morgan fingerprint density at radius 3 is 2.27 bits per heavy atom. The Hall–Kier alpha value is -3.36. The highest BCUT2D eigenvalue weighted by Gasteiger charge is 2.34. The predicted molar refractivity (Wildman–Crippen MR) is 163 cm³/mol. The normalized spacial score (nSPS) is 14.7. The number of benzene rings is 3. The summed E-state index contributed by atoms with van der Waals surface area (Å²) >= 11 is 6.10. The smallest absolute Gasteiger partial charge is 0.264 e. The van der Waals surface area contributed by atoms with Gasteiger partial charge >= 0.3 is 0 Å². The Balaban J connectivity index is 1.69. The van der Waals surface area contributed by atoms with E-state index in [4.69, 9.17) is 11.6 Å². The molecule has 0 saturated heterocycles. The molecule has 3 aromatic carbocycles. The summed E-state index contributed by atoms with van der Waals surface area (Å²) in [6, 6.07) is 21.5. The first-order valence-electron chi connectivity index (χ1n) is 14.2. The van der Waals surface area contributed by atoms with E-state index >= 15 is 0 Å². The first-order valence-corrected chi connectivity index (χ1v) is 16.0. The van der Waals surface area contributed by atoms with Crippen molar-refractivity contribution in [2.45, 2.75) is 75.9 Å². The number of amides is 2. The monoisotopic (exact) mass is 595 g/mol. The lowest BCUT2D eigenvalue weighted by molar-refractivity contribution is -0.140. The Labute approximate surface area is 248 Å². The quantitative estimate of drug-likeness (QED) is 0.290. The van der Waals surface area contributed by atoms with Crippen molar-refractivity contribution in [1.82, 2.24) is 10.2 Å². The van der Waals surface area contributed by atoms with Crippen LogP contribution in [0.1, 0.15) is 56.6 Å². The van der Waals surface area contributed by atoms with E-state index in [2.05, 4.69) is 5.32 Å². The van der Waals surface area contributed by atoms with Crippen LogP contribution in [0.3, 0.4) is 0 Å². The number of hydrogen-bond donors (Lipinski definition) is 1. The molecule has 0 radical (unpaired) electrons. The fraction of sp³-hybridized carbons (Fsp3) is 0.375. The average molecular weight is 596 g/mol. The van der Waals surface area contributed by atoms with Crippen molar-refractivity contribution in [2.75, 3.05) is 10.8 Å². The molecule has 0 spiro atoms. The molecule has 1 N–H and O–H groups in total. The topological polar surface area (TPSA) is 86.8 Å². The van der Waals surface area contributed by atoms with Crippen molar-refractivity contribution < 1.29 is 18.0 Å². The van der Waals surface area contributed by atoms with E-state index in [0.29, 0.717) is 17.1 Å². The lowest BCUT2D eigenvalue weighted by Gasteiger charge is -2.34. The fourth-order valence-electron chi connectivity index (χ4n) is 5.28. The van der Waals surface area contributed by atoms with Gasteiger partial charge in [0, 0.05) is 17.6 Å². The molecule has 1 atom stereocenters. The van der Waals surface area contributed by atoms with Crippen molar-refractivity contribution >= 4 is 39.1 Å². The summed E-state index contributed by atoms with van der Waals surface area (Å²) in [7, 11) is -4.09. The molecule has 0 bridgehead atoms. The van der Waals surface area contributed by atoms with E-state index < -0.39 is 28.5 Å². The van der Waals surface area contributed by atoms with Crippen LogP contribution in [0.2, 0.25) is 5.02 Å². The average Bonchev–Trinajstić information content (AvgIpc) is 2.97. The van der Waals surface area contributed by atoms with Gasteiger partial charge in [0.2, 0.25) is 11.8 Å². The van der Waals surface area contributed by atoms with Crippen molar-refractivity contribution in [3.05, 3.63) is 95.0 Å². The molecule has 41 heavy (non-hydrogen) atoms. The Morgan fingerprint density at radius 1 is 0.951 bits per heavy atom. The van der Waals surface area contributed by atoms with Crippen LogP contribution in [-0.2, 0) is 26.2 Å².